The first-order valence-corrected chi connectivity index (χ1v) is 8.56. The van der Waals surface area contributed by atoms with Crippen LogP contribution in [0.2, 0.25) is 10.0 Å². The first-order valence-electron chi connectivity index (χ1n) is 6.82. The van der Waals surface area contributed by atoms with Crippen LogP contribution in [0.3, 0.4) is 0 Å². The second-order valence-corrected chi connectivity index (χ2v) is 6.84. The summed E-state index contributed by atoms with van der Waals surface area (Å²) < 4.78 is 1.96. The van der Waals surface area contributed by atoms with E-state index in [2.05, 4.69) is 15.5 Å². The molecule has 1 aliphatic rings. The van der Waals surface area contributed by atoms with Gasteiger partial charge in [0, 0.05) is 13.0 Å². The van der Waals surface area contributed by atoms with E-state index in [1.54, 1.807) is 18.2 Å². The molecule has 1 heterocycles. The fourth-order valence-corrected chi connectivity index (χ4v) is 3.13. The number of hydrogen-bond acceptors (Lipinski definition) is 4. The maximum absolute atomic E-state index is 12.0. The molecular formula is C14H14Cl2N4OS. The van der Waals surface area contributed by atoms with E-state index in [4.69, 9.17) is 23.2 Å². The zero-order valence-electron chi connectivity index (χ0n) is 11.8. The smallest absolute Gasteiger partial charge is 0.234 e. The van der Waals surface area contributed by atoms with Crippen LogP contribution in [0.15, 0.2) is 23.4 Å². The molecular weight excluding hydrogens is 343 g/mol. The summed E-state index contributed by atoms with van der Waals surface area (Å²) in [6.45, 7) is 0. The van der Waals surface area contributed by atoms with E-state index >= 15 is 0 Å². The SMILES string of the molecule is Cn1c(SCC(=O)Nc2cccc(Cl)c2Cl)nnc1C1CC1. The highest BCUT2D eigenvalue weighted by Gasteiger charge is 2.29. The lowest BCUT2D eigenvalue weighted by Crippen LogP contribution is -2.14. The molecule has 0 bridgehead atoms. The van der Waals surface area contributed by atoms with Gasteiger partial charge in [-0.05, 0) is 25.0 Å². The van der Waals surface area contributed by atoms with Gasteiger partial charge in [-0.25, -0.2) is 0 Å². The summed E-state index contributed by atoms with van der Waals surface area (Å²) in [5.41, 5.74) is 0.511. The molecule has 1 N–H and O–H groups in total. The number of anilines is 1. The van der Waals surface area contributed by atoms with Crippen molar-refractivity contribution < 1.29 is 4.79 Å². The summed E-state index contributed by atoms with van der Waals surface area (Å²) in [6, 6.07) is 5.12. The van der Waals surface area contributed by atoms with Gasteiger partial charge in [0.25, 0.3) is 0 Å². The van der Waals surface area contributed by atoms with E-state index in [0.29, 0.717) is 21.7 Å². The largest absolute Gasteiger partial charge is 0.324 e. The lowest BCUT2D eigenvalue weighted by molar-refractivity contribution is -0.113. The third-order valence-electron chi connectivity index (χ3n) is 3.37. The monoisotopic (exact) mass is 356 g/mol. The number of nitrogens with zero attached hydrogens (tertiary/aromatic N) is 3. The highest BCUT2D eigenvalue weighted by molar-refractivity contribution is 7.99. The van der Waals surface area contributed by atoms with E-state index in [-0.39, 0.29) is 11.7 Å². The van der Waals surface area contributed by atoms with Gasteiger partial charge < -0.3 is 9.88 Å². The maximum atomic E-state index is 12.0. The molecule has 0 aliphatic heterocycles. The van der Waals surface area contributed by atoms with Crippen molar-refractivity contribution in [3.05, 3.63) is 34.1 Å². The van der Waals surface area contributed by atoms with Crippen LogP contribution in [-0.2, 0) is 11.8 Å². The van der Waals surface area contributed by atoms with Crippen LogP contribution < -0.4 is 5.32 Å². The average molecular weight is 357 g/mol. The molecule has 1 aromatic heterocycles. The van der Waals surface area contributed by atoms with Crippen LogP contribution in [0.1, 0.15) is 24.6 Å². The number of nitrogens with one attached hydrogen (secondary N) is 1. The number of thioether (sulfide) groups is 1. The molecule has 1 amide bonds. The lowest BCUT2D eigenvalue weighted by atomic mass is 10.3. The fraction of sp³-hybridized carbons (Fsp3) is 0.357. The van der Waals surface area contributed by atoms with Gasteiger partial charge in [-0.3, -0.25) is 4.79 Å². The second-order valence-electron chi connectivity index (χ2n) is 5.11. The van der Waals surface area contributed by atoms with E-state index in [9.17, 15) is 4.79 Å². The van der Waals surface area contributed by atoms with Crippen molar-refractivity contribution in [1.82, 2.24) is 14.8 Å². The Balaban J connectivity index is 1.59. The Labute approximate surface area is 142 Å². The molecule has 2 aromatic rings. The minimum Gasteiger partial charge on any atom is -0.324 e. The third-order valence-corrected chi connectivity index (χ3v) is 5.21. The number of halogens is 2. The van der Waals surface area contributed by atoms with Gasteiger partial charge in [0.15, 0.2) is 5.16 Å². The Morgan fingerprint density at radius 2 is 2.18 bits per heavy atom. The summed E-state index contributed by atoms with van der Waals surface area (Å²) in [5.74, 6) is 1.61. The summed E-state index contributed by atoms with van der Waals surface area (Å²) in [6.07, 6.45) is 2.34. The third kappa shape index (κ3) is 3.39. The molecule has 0 atom stereocenters. The van der Waals surface area contributed by atoms with Crippen LogP contribution in [-0.4, -0.2) is 26.4 Å². The number of carbonyl (C=O) groups excluding carboxylic acids is 1. The van der Waals surface area contributed by atoms with Crippen LogP contribution in [0.4, 0.5) is 5.69 Å². The first kappa shape index (κ1) is 15.6. The standard InChI is InChI=1S/C14H14Cl2N4OS/c1-20-13(8-5-6-8)18-19-14(20)22-7-11(21)17-10-4-2-3-9(15)12(10)16/h2-4,8H,5-7H2,1H3,(H,17,21). The fourth-order valence-electron chi connectivity index (χ4n) is 2.07. The Hall–Kier alpha value is -1.24. The van der Waals surface area contributed by atoms with Crippen molar-refractivity contribution in [2.24, 2.45) is 7.05 Å². The predicted molar refractivity (Wildman–Crippen MR) is 88.8 cm³/mol. The quantitative estimate of drug-likeness (QED) is 0.829. The molecule has 0 saturated heterocycles. The summed E-state index contributed by atoms with van der Waals surface area (Å²) in [4.78, 5) is 12.0. The van der Waals surface area contributed by atoms with Crippen LogP contribution in [0.25, 0.3) is 0 Å². The van der Waals surface area contributed by atoms with E-state index < -0.39 is 0 Å². The zero-order chi connectivity index (χ0) is 15.7. The molecule has 8 heteroatoms. The van der Waals surface area contributed by atoms with Crippen molar-refractivity contribution in [2.45, 2.75) is 23.9 Å². The van der Waals surface area contributed by atoms with E-state index in [0.717, 1.165) is 11.0 Å². The number of rotatable bonds is 5. The van der Waals surface area contributed by atoms with Gasteiger partial charge in [-0.2, -0.15) is 0 Å². The van der Waals surface area contributed by atoms with Gasteiger partial charge >= 0.3 is 0 Å². The molecule has 3 rings (SSSR count). The summed E-state index contributed by atoms with van der Waals surface area (Å²) in [7, 11) is 1.93. The van der Waals surface area contributed by atoms with Crippen molar-refractivity contribution in [3.8, 4) is 0 Å². The van der Waals surface area contributed by atoms with Gasteiger partial charge in [0.1, 0.15) is 5.82 Å². The van der Waals surface area contributed by atoms with Gasteiger partial charge in [0.05, 0.1) is 21.5 Å². The topological polar surface area (TPSA) is 59.8 Å². The molecule has 1 aromatic carbocycles. The van der Waals surface area contributed by atoms with Crippen molar-refractivity contribution in [3.63, 3.8) is 0 Å². The van der Waals surface area contributed by atoms with E-state index in [1.807, 2.05) is 11.6 Å². The molecule has 0 radical (unpaired) electrons. The van der Waals surface area contributed by atoms with Gasteiger partial charge in [0.2, 0.25) is 5.91 Å². The molecule has 0 spiro atoms. The first-order chi connectivity index (χ1) is 10.6. The molecule has 1 saturated carbocycles. The van der Waals surface area contributed by atoms with Crippen LogP contribution >= 0.6 is 35.0 Å². The Morgan fingerprint density at radius 1 is 1.41 bits per heavy atom. The highest BCUT2D eigenvalue weighted by atomic mass is 35.5. The Kier molecular flexibility index (Phi) is 4.61. The number of amides is 1. The number of aromatic nitrogens is 3. The Bertz CT molecular complexity index is 715. The average Bonchev–Trinajstić information content (AvgIpc) is 3.26. The second kappa shape index (κ2) is 6.48. The minimum atomic E-state index is -0.162. The highest BCUT2D eigenvalue weighted by Crippen LogP contribution is 2.39. The molecule has 22 heavy (non-hydrogen) atoms. The molecule has 1 aliphatic carbocycles. The Morgan fingerprint density at radius 3 is 2.91 bits per heavy atom. The van der Waals surface area contributed by atoms with Gasteiger partial charge in [-0.1, -0.05) is 41.0 Å². The summed E-state index contributed by atoms with van der Waals surface area (Å²) >= 11 is 13.3. The molecule has 1 fully saturated rings. The van der Waals surface area contributed by atoms with Crippen LogP contribution in [0, 0.1) is 0 Å². The minimum absolute atomic E-state index is 0.162. The number of carbonyl (C=O) groups is 1. The van der Waals surface area contributed by atoms with Crippen molar-refractivity contribution in [1.29, 1.82) is 0 Å². The summed E-state index contributed by atoms with van der Waals surface area (Å²) in [5, 5.41) is 12.6. The van der Waals surface area contributed by atoms with Crippen LogP contribution in [0.5, 0.6) is 0 Å². The zero-order valence-corrected chi connectivity index (χ0v) is 14.2. The molecule has 0 unspecified atom stereocenters. The van der Waals surface area contributed by atoms with E-state index in [1.165, 1.54) is 24.6 Å². The number of benzene rings is 1. The number of hydrogen-bond donors (Lipinski definition) is 1. The predicted octanol–water partition coefficient (Wildman–Crippen LogP) is 3.73. The van der Waals surface area contributed by atoms with Crippen molar-refractivity contribution >= 4 is 46.6 Å². The lowest BCUT2D eigenvalue weighted by Gasteiger charge is -2.08. The molecule has 5 nitrogen and oxygen atoms in total. The van der Waals surface area contributed by atoms with Crippen molar-refractivity contribution in [2.75, 3.05) is 11.1 Å². The molecule has 116 valence electrons. The maximum Gasteiger partial charge on any atom is 0.234 e. The van der Waals surface area contributed by atoms with Gasteiger partial charge in [-0.15, -0.1) is 10.2 Å². The normalized spacial score (nSPS) is 14.1.